The number of Topliss-reactive ketones (excluding diaryl/α,β-unsaturated/α-hetero) is 1. The number of halogens is 1. The number of fused-ring (bicyclic) bond motifs is 1. The van der Waals surface area contributed by atoms with Crippen molar-refractivity contribution in [2.75, 3.05) is 19.5 Å². The molecule has 3 aromatic rings. The fraction of sp³-hybridized carbons (Fsp3) is 0.250. The Labute approximate surface area is 157 Å². The van der Waals surface area contributed by atoms with E-state index >= 15 is 0 Å². The van der Waals surface area contributed by atoms with Gasteiger partial charge in [-0.3, -0.25) is 4.79 Å². The van der Waals surface area contributed by atoms with Crippen molar-refractivity contribution in [2.45, 2.75) is 19.9 Å². The molecular formula is C20H21ClN2O3. The minimum Gasteiger partial charge on any atom is -0.495 e. The number of methoxy groups -OCH3 is 2. The van der Waals surface area contributed by atoms with Crippen molar-refractivity contribution in [3.05, 3.63) is 52.7 Å². The smallest absolute Gasteiger partial charge is 0.187 e. The summed E-state index contributed by atoms with van der Waals surface area (Å²) in [6.07, 6.45) is 0. The highest BCUT2D eigenvalue weighted by molar-refractivity contribution is 6.32. The van der Waals surface area contributed by atoms with E-state index in [-0.39, 0.29) is 5.78 Å². The number of para-hydroxylation sites is 1. The molecule has 0 amide bonds. The van der Waals surface area contributed by atoms with Crippen molar-refractivity contribution < 1.29 is 14.3 Å². The van der Waals surface area contributed by atoms with Crippen LogP contribution in [0.25, 0.3) is 10.9 Å². The molecule has 0 fully saturated rings. The molecule has 1 atom stereocenters. The van der Waals surface area contributed by atoms with E-state index in [9.17, 15) is 4.79 Å². The van der Waals surface area contributed by atoms with E-state index in [2.05, 4.69) is 10.3 Å². The number of carbonyl (C=O) groups excluding carboxylic acids is 1. The molecule has 0 radical (unpaired) electrons. The number of aromatic amines is 1. The van der Waals surface area contributed by atoms with Gasteiger partial charge in [-0.15, -0.1) is 0 Å². The maximum absolute atomic E-state index is 13.1. The molecule has 6 heteroatoms. The molecule has 1 heterocycles. The van der Waals surface area contributed by atoms with Crippen LogP contribution < -0.4 is 14.8 Å². The van der Waals surface area contributed by atoms with Gasteiger partial charge in [-0.2, -0.15) is 0 Å². The molecule has 0 unspecified atom stereocenters. The second-order valence-corrected chi connectivity index (χ2v) is 6.50. The topological polar surface area (TPSA) is 63.4 Å². The standard InChI is InChI=1S/C20H21ClN2O3/c1-11-19(13-7-5-6-8-15(13)22-11)20(24)12(2)23-16-9-14(21)17(25-3)10-18(16)26-4/h5-10,12,22-23H,1-4H3/t12-/m1/s1. The van der Waals surface area contributed by atoms with Gasteiger partial charge in [-0.25, -0.2) is 0 Å². The molecule has 0 bridgehead atoms. The Bertz CT molecular complexity index is 965. The first-order valence-electron chi connectivity index (χ1n) is 8.25. The summed E-state index contributed by atoms with van der Waals surface area (Å²) in [5.41, 5.74) is 3.13. The summed E-state index contributed by atoms with van der Waals surface area (Å²) in [4.78, 5) is 16.3. The summed E-state index contributed by atoms with van der Waals surface area (Å²) in [6.45, 7) is 3.73. The van der Waals surface area contributed by atoms with Crippen LogP contribution >= 0.6 is 11.6 Å². The molecule has 2 N–H and O–H groups in total. The Kier molecular flexibility index (Phi) is 5.09. The highest BCUT2D eigenvalue weighted by atomic mass is 35.5. The number of hydrogen-bond donors (Lipinski definition) is 2. The van der Waals surface area contributed by atoms with Crippen molar-refractivity contribution in [1.82, 2.24) is 4.98 Å². The molecule has 0 saturated carbocycles. The first-order valence-corrected chi connectivity index (χ1v) is 8.63. The lowest BCUT2D eigenvalue weighted by Gasteiger charge is -2.18. The number of benzene rings is 2. The second kappa shape index (κ2) is 7.30. The Morgan fingerprint density at radius 2 is 1.85 bits per heavy atom. The zero-order chi connectivity index (χ0) is 18.8. The normalized spacial score (nSPS) is 12.0. The molecular weight excluding hydrogens is 352 g/mol. The molecule has 0 aliphatic carbocycles. The van der Waals surface area contributed by atoms with Crippen molar-refractivity contribution >= 4 is 34.0 Å². The zero-order valence-electron chi connectivity index (χ0n) is 15.1. The van der Waals surface area contributed by atoms with Gasteiger partial charge >= 0.3 is 0 Å². The summed E-state index contributed by atoms with van der Waals surface area (Å²) in [5.74, 6) is 1.07. The lowest BCUT2D eigenvalue weighted by atomic mass is 10.0. The third-order valence-corrected chi connectivity index (χ3v) is 4.67. The molecule has 0 spiro atoms. The van der Waals surface area contributed by atoms with Crippen molar-refractivity contribution in [3.8, 4) is 11.5 Å². The number of aryl methyl sites for hydroxylation is 1. The number of ether oxygens (including phenoxy) is 2. The number of hydrogen-bond acceptors (Lipinski definition) is 4. The highest BCUT2D eigenvalue weighted by Gasteiger charge is 2.22. The van der Waals surface area contributed by atoms with E-state index in [0.29, 0.717) is 27.8 Å². The van der Waals surface area contributed by atoms with Crippen LogP contribution in [-0.2, 0) is 0 Å². The SMILES string of the molecule is COc1cc(OC)c(N[C@H](C)C(=O)c2c(C)[nH]c3ccccc23)cc1Cl. The first kappa shape index (κ1) is 18.1. The Morgan fingerprint density at radius 1 is 1.15 bits per heavy atom. The number of carbonyl (C=O) groups is 1. The van der Waals surface area contributed by atoms with Gasteiger partial charge in [0, 0.05) is 28.2 Å². The lowest BCUT2D eigenvalue weighted by Crippen LogP contribution is -2.26. The van der Waals surface area contributed by atoms with Gasteiger partial charge in [-0.1, -0.05) is 29.8 Å². The fourth-order valence-corrected chi connectivity index (χ4v) is 3.32. The minimum absolute atomic E-state index is 0.00561. The van der Waals surface area contributed by atoms with E-state index in [1.807, 2.05) is 38.1 Å². The van der Waals surface area contributed by atoms with E-state index < -0.39 is 6.04 Å². The maximum Gasteiger partial charge on any atom is 0.187 e. The molecule has 5 nitrogen and oxygen atoms in total. The van der Waals surface area contributed by atoms with Crippen LogP contribution in [0.1, 0.15) is 23.0 Å². The number of nitrogens with one attached hydrogen (secondary N) is 2. The summed E-state index contributed by atoms with van der Waals surface area (Å²) >= 11 is 6.21. The number of H-pyrrole nitrogens is 1. The lowest BCUT2D eigenvalue weighted by molar-refractivity contribution is 0.0976. The molecule has 136 valence electrons. The van der Waals surface area contributed by atoms with Crippen LogP contribution in [0.3, 0.4) is 0 Å². The largest absolute Gasteiger partial charge is 0.495 e. The Hall–Kier alpha value is -2.66. The Balaban J connectivity index is 1.92. The second-order valence-electron chi connectivity index (χ2n) is 6.09. The average Bonchev–Trinajstić information content (AvgIpc) is 2.97. The van der Waals surface area contributed by atoms with Gasteiger partial charge in [0.2, 0.25) is 0 Å². The van der Waals surface area contributed by atoms with Crippen LogP contribution in [-0.4, -0.2) is 31.0 Å². The van der Waals surface area contributed by atoms with Gasteiger partial charge < -0.3 is 19.8 Å². The van der Waals surface area contributed by atoms with E-state index in [0.717, 1.165) is 16.6 Å². The summed E-state index contributed by atoms with van der Waals surface area (Å²) in [5, 5.41) is 4.57. The highest BCUT2D eigenvalue weighted by Crippen LogP contribution is 2.36. The number of aromatic nitrogens is 1. The summed E-state index contributed by atoms with van der Waals surface area (Å²) < 4.78 is 10.6. The summed E-state index contributed by atoms with van der Waals surface area (Å²) in [7, 11) is 3.10. The zero-order valence-corrected chi connectivity index (χ0v) is 15.9. The van der Waals surface area contributed by atoms with Gasteiger partial charge in [0.15, 0.2) is 5.78 Å². The van der Waals surface area contributed by atoms with Gasteiger partial charge in [0.1, 0.15) is 11.5 Å². The summed E-state index contributed by atoms with van der Waals surface area (Å²) in [6, 6.07) is 10.7. The molecule has 0 aliphatic heterocycles. The van der Waals surface area contributed by atoms with Crippen LogP contribution in [0.4, 0.5) is 5.69 Å². The van der Waals surface area contributed by atoms with Crippen molar-refractivity contribution in [1.29, 1.82) is 0 Å². The van der Waals surface area contributed by atoms with Gasteiger partial charge in [-0.05, 0) is 26.0 Å². The first-order chi connectivity index (χ1) is 12.5. The minimum atomic E-state index is -0.466. The monoisotopic (exact) mass is 372 g/mol. The third kappa shape index (κ3) is 3.22. The quantitative estimate of drug-likeness (QED) is 0.608. The molecule has 0 aliphatic rings. The number of ketones is 1. The molecule has 2 aromatic carbocycles. The van der Waals surface area contributed by atoms with E-state index in [1.54, 1.807) is 26.4 Å². The van der Waals surface area contributed by atoms with Gasteiger partial charge in [0.25, 0.3) is 0 Å². The Morgan fingerprint density at radius 3 is 2.54 bits per heavy atom. The van der Waals surface area contributed by atoms with Crippen molar-refractivity contribution in [2.24, 2.45) is 0 Å². The van der Waals surface area contributed by atoms with Crippen molar-refractivity contribution in [3.63, 3.8) is 0 Å². The molecule has 1 aromatic heterocycles. The maximum atomic E-state index is 13.1. The molecule has 0 saturated heterocycles. The molecule has 26 heavy (non-hydrogen) atoms. The van der Waals surface area contributed by atoms with Crippen LogP contribution in [0.5, 0.6) is 11.5 Å². The third-order valence-electron chi connectivity index (χ3n) is 4.38. The van der Waals surface area contributed by atoms with Crippen LogP contribution in [0.15, 0.2) is 36.4 Å². The predicted molar refractivity (Wildman–Crippen MR) is 105 cm³/mol. The molecule has 3 rings (SSSR count). The predicted octanol–water partition coefficient (Wildman–Crippen LogP) is 4.83. The van der Waals surface area contributed by atoms with Crippen LogP contribution in [0, 0.1) is 6.92 Å². The fourth-order valence-electron chi connectivity index (χ4n) is 3.08. The average molecular weight is 373 g/mol. The number of anilines is 1. The van der Waals surface area contributed by atoms with Crippen LogP contribution in [0.2, 0.25) is 5.02 Å². The van der Waals surface area contributed by atoms with E-state index in [4.69, 9.17) is 21.1 Å². The number of rotatable bonds is 6. The van der Waals surface area contributed by atoms with E-state index in [1.165, 1.54) is 0 Å². The van der Waals surface area contributed by atoms with Gasteiger partial charge in [0.05, 0.1) is 31.0 Å².